The van der Waals surface area contributed by atoms with Crippen molar-refractivity contribution in [1.82, 2.24) is 9.55 Å². The number of aryl methyl sites for hydroxylation is 1. The van der Waals surface area contributed by atoms with Crippen LogP contribution in [0.3, 0.4) is 0 Å². The fourth-order valence-corrected chi connectivity index (χ4v) is 2.23. The minimum atomic E-state index is -0.739. The molecular weight excluding hydrogens is 204 g/mol. The van der Waals surface area contributed by atoms with E-state index in [1.165, 1.54) is 0 Å². The van der Waals surface area contributed by atoms with Crippen LogP contribution in [0.25, 0.3) is 0 Å². The molecule has 0 radical (unpaired) electrons. The summed E-state index contributed by atoms with van der Waals surface area (Å²) in [7, 11) is 0. The highest BCUT2D eigenvalue weighted by atomic mass is 16.5. The van der Waals surface area contributed by atoms with Crippen LogP contribution in [0.1, 0.15) is 32.5 Å². The second-order valence-corrected chi connectivity index (χ2v) is 4.58. The van der Waals surface area contributed by atoms with E-state index in [2.05, 4.69) is 16.5 Å². The topological polar surface area (TPSA) is 47.3 Å². The maximum atomic E-state index is 10.4. The number of hydrogen-bond acceptors (Lipinski definition) is 3. The van der Waals surface area contributed by atoms with E-state index >= 15 is 0 Å². The van der Waals surface area contributed by atoms with E-state index in [4.69, 9.17) is 4.74 Å². The average molecular weight is 224 g/mol. The lowest BCUT2D eigenvalue weighted by Crippen LogP contribution is -2.39. The van der Waals surface area contributed by atoms with Gasteiger partial charge in [-0.15, -0.1) is 0 Å². The molecule has 0 aromatic carbocycles. The van der Waals surface area contributed by atoms with Crippen molar-refractivity contribution in [2.75, 3.05) is 6.61 Å². The molecule has 1 aliphatic heterocycles. The molecule has 1 aliphatic rings. The molecule has 90 valence electrons. The second kappa shape index (κ2) is 4.55. The zero-order chi connectivity index (χ0) is 11.6. The summed E-state index contributed by atoms with van der Waals surface area (Å²) in [6.45, 7) is 5.67. The molecule has 2 heterocycles. The number of aliphatic hydroxyl groups is 1. The second-order valence-electron chi connectivity index (χ2n) is 4.58. The average Bonchev–Trinajstić information content (AvgIpc) is 2.78. The van der Waals surface area contributed by atoms with Gasteiger partial charge in [0.2, 0.25) is 0 Å². The van der Waals surface area contributed by atoms with Crippen LogP contribution in [0.5, 0.6) is 0 Å². The SMILES string of the molecule is CCCn1ccnc1CC1(O)CCOC1C. The molecule has 4 heteroatoms. The fraction of sp³-hybridized carbons (Fsp3) is 0.750. The van der Waals surface area contributed by atoms with E-state index in [9.17, 15) is 5.11 Å². The molecule has 1 saturated heterocycles. The Morgan fingerprint density at radius 2 is 2.50 bits per heavy atom. The number of aromatic nitrogens is 2. The molecule has 1 aromatic heterocycles. The molecule has 1 N–H and O–H groups in total. The molecular formula is C12H20N2O2. The van der Waals surface area contributed by atoms with Gasteiger partial charge in [0.05, 0.1) is 11.7 Å². The fourth-order valence-electron chi connectivity index (χ4n) is 2.23. The van der Waals surface area contributed by atoms with Crippen molar-refractivity contribution in [3.05, 3.63) is 18.2 Å². The third-order valence-electron chi connectivity index (χ3n) is 3.39. The Hall–Kier alpha value is -0.870. The molecule has 0 bridgehead atoms. The van der Waals surface area contributed by atoms with Gasteiger partial charge in [0.1, 0.15) is 5.82 Å². The third kappa shape index (κ3) is 2.13. The Morgan fingerprint density at radius 1 is 1.69 bits per heavy atom. The molecule has 2 unspecified atom stereocenters. The zero-order valence-corrected chi connectivity index (χ0v) is 10.0. The Bertz CT molecular complexity index is 351. The van der Waals surface area contributed by atoms with Crippen molar-refractivity contribution < 1.29 is 9.84 Å². The van der Waals surface area contributed by atoms with E-state index in [-0.39, 0.29) is 6.10 Å². The first-order valence-corrected chi connectivity index (χ1v) is 5.99. The van der Waals surface area contributed by atoms with Crippen LogP contribution in [-0.4, -0.2) is 33.0 Å². The van der Waals surface area contributed by atoms with E-state index in [1.54, 1.807) is 6.20 Å². The number of hydrogen-bond donors (Lipinski definition) is 1. The van der Waals surface area contributed by atoms with Crippen molar-refractivity contribution >= 4 is 0 Å². The predicted octanol–water partition coefficient (Wildman–Crippen LogP) is 1.38. The largest absolute Gasteiger partial charge is 0.387 e. The van der Waals surface area contributed by atoms with Gasteiger partial charge in [0.15, 0.2) is 0 Å². The Balaban J connectivity index is 2.10. The highest BCUT2D eigenvalue weighted by molar-refractivity contribution is 5.02. The van der Waals surface area contributed by atoms with Crippen LogP contribution >= 0.6 is 0 Å². The lowest BCUT2D eigenvalue weighted by molar-refractivity contribution is -0.0286. The van der Waals surface area contributed by atoms with Crippen LogP contribution in [0.4, 0.5) is 0 Å². The molecule has 0 amide bonds. The lowest BCUT2D eigenvalue weighted by atomic mass is 9.92. The van der Waals surface area contributed by atoms with Crippen LogP contribution in [0.15, 0.2) is 12.4 Å². The minimum absolute atomic E-state index is 0.0979. The lowest BCUT2D eigenvalue weighted by Gasteiger charge is -2.25. The van der Waals surface area contributed by atoms with Gasteiger partial charge in [-0.05, 0) is 13.3 Å². The van der Waals surface area contributed by atoms with Crippen molar-refractivity contribution in [2.45, 2.75) is 51.4 Å². The standard InChI is InChI=1S/C12H20N2O2/c1-3-6-14-7-5-13-11(14)9-12(15)4-8-16-10(12)2/h5,7,10,15H,3-4,6,8-9H2,1-2H3. The van der Waals surface area contributed by atoms with Gasteiger partial charge in [0, 0.05) is 38.4 Å². The highest BCUT2D eigenvalue weighted by Gasteiger charge is 2.40. The molecule has 0 aliphatic carbocycles. The molecule has 2 atom stereocenters. The first kappa shape index (κ1) is 11.6. The van der Waals surface area contributed by atoms with Gasteiger partial charge in [-0.3, -0.25) is 0 Å². The van der Waals surface area contributed by atoms with Crippen LogP contribution < -0.4 is 0 Å². The molecule has 4 nitrogen and oxygen atoms in total. The maximum Gasteiger partial charge on any atom is 0.111 e. The number of ether oxygens (including phenoxy) is 1. The quantitative estimate of drug-likeness (QED) is 0.840. The number of imidazole rings is 1. The summed E-state index contributed by atoms with van der Waals surface area (Å²) in [6, 6.07) is 0. The number of nitrogens with zero attached hydrogens (tertiary/aromatic N) is 2. The first-order valence-electron chi connectivity index (χ1n) is 5.99. The Morgan fingerprint density at radius 3 is 3.12 bits per heavy atom. The molecule has 1 aromatic rings. The summed E-state index contributed by atoms with van der Waals surface area (Å²) in [5.41, 5.74) is -0.739. The predicted molar refractivity (Wildman–Crippen MR) is 61.2 cm³/mol. The summed E-state index contributed by atoms with van der Waals surface area (Å²) < 4.78 is 7.54. The molecule has 2 rings (SSSR count). The van der Waals surface area contributed by atoms with Crippen molar-refractivity contribution in [3.63, 3.8) is 0 Å². The van der Waals surface area contributed by atoms with E-state index in [0.717, 1.165) is 18.8 Å². The zero-order valence-electron chi connectivity index (χ0n) is 10.0. The summed E-state index contributed by atoms with van der Waals surface area (Å²) in [5.74, 6) is 0.960. The minimum Gasteiger partial charge on any atom is -0.387 e. The smallest absolute Gasteiger partial charge is 0.111 e. The Kier molecular flexibility index (Phi) is 3.30. The van der Waals surface area contributed by atoms with E-state index in [0.29, 0.717) is 19.4 Å². The monoisotopic (exact) mass is 224 g/mol. The molecule has 0 saturated carbocycles. The van der Waals surface area contributed by atoms with Crippen molar-refractivity contribution in [2.24, 2.45) is 0 Å². The highest BCUT2D eigenvalue weighted by Crippen LogP contribution is 2.28. The summed E-state index contributed by atoms with van der Waals surface area (Å²) in [4.78, 5) is 4.33. The van der Waals surface area contributed by atoms with Gasteiger partial charge < -0.3 is 14.4 Å². The van der Waals surface area contributed by atoms with Crippen LogP contribution in [0.2, 0.25) is 0 Å². The first-order chi connectivity index (χ1) is 7.65. The maximum absolute atomic E-state index is 10.4. The summed E-state index contributed by atoms with van der Waals surface area (Å²) in [5, 5.41) is 10.4. The van der Waals surface area contributed by atoms with Crippen molar-refractivity contribution in [1.29, 1.82) is 0 Å². The number of rotatable bonds is 4. The van der Waals surface area contributed by atoms with Crippen molar-refractivity contribution in [3.8, 4) is 0 Å². The van der Waals surface area contributed by atoms with Gasteiger partial charge in [-0.1, -0.05) is 6.92 Å². The normalized spacial score (nSPS) is 29.8. The third-order valence-corrected chi connectivity index (χ3v) is 3.39. The van der Waals surface area contributed by atoms with Gasteiger partial charge >= 0.3 is 0 Å². The van der Waals surface area contributed by atoms with Crippen LogP contribution in [0, 0.1) is 0 Å². The molecule has 16 heavy (non-hydrogen) atoms. The van der Waals surface area contributed by atoms with E-state index < -0.39 is 5.60 Å². The van der Waals surface area contributed by atoms with Gasteiger partial charge in [-0.2, -0.15) is 0 Å². The summed E-state index contributed by atoms with van der Waals surface area (Å²) in [6.07, 6.45) is 6.04. The Labute approximate surface area is 96.3 Å². The molecule has 1 fully saturated rings. The van der Waals surface area contributed by atoms with E-state index in [1.807, 2.05) is 13.1 Å². The molecule has 0 spiro atoms. The van der Waals surface area contributed by atoms with Gasteiger partial charge in [0.25, 0.3) is 0 Å². The van der Waals surface area contributed by atoms with Gasteiger partial charge in [-0.25, -0.2) is 4.98 Å². The van der Waals surface area contributed by atoms with Crippen LogP contribution in [-0.2, 0) is 17.7 Å². The summed E-state index contributed by atoms with van der Waals surface area (Å²) >= 11 is 0.